The second-order valence-corrected chi connectivity index (χ2v) is 5.19. The Kier molecular flexibility index (Phi) is 4.53. The molecular weight excluding hydrogens is 243 g/mol. The number of benzene rings is 1. The Morgan fingerprint density at radius 2 is 2.21 bits per heavy atom. The standard InChI is InChI=1S/C15H21FN2O/c1-11(13-7-3-4-8-14(13)16)18(2)15(19)12-6-5-9-17-10-12/h3-4,7-8,11-12,17H,5-6,9-10H2,1-2H3/t11-,12+/m1/s1. The molecule has 0 spiro atoms. The third kappa shape index (κ3) is 3.13. The van der Waals surface area contributed by atoms with E-state index in [0.717, 1.165) is 25.9 Å². The van der Waals surface area contributed by atoms with Crippen LogP contribution in [0.1, 0.15) is 31.4 Å². The normalized spacial score (nSPS) is 20.9. The van der Waals surface area contributed by atoms with Gasteiger partial charge in [-0.1, -0.05) is 18.2 Å². The molecule has 2 rings (SSSR count). The van der Waals surface area contributed by atoms with Gasteiger partial charge in [-0.05, 0) is 32.4 Å². The fraction of sp³-hybridized carbons (Fsp3) is 0.533. The van der Waals surface area contributed by atoms with Gasteiger partial charge in [-0.25, -0.2) is 4.39 Å². The number of hydrogen-bond acceptors (Lipinski definition) is 2. The molecule has 1 aliphatic rings. The summed E-state index contributed by atoms with van der Waals surface area (Å²) >= 11 is 0. The maximum atomic E-state index is 13.8. The zero-order valence-electron chi connectivity index (χ0n) is 11.5. The second kappa shape index (κ2) is 6.15. The molecule has 4 heteroatoms. The Morgan fingerprint density at radius 1 is 1.47 bits per heavy atom. The molecule has 1 saturated heterocycles. The van der Waals surface area contributed by atoms with Gasteiger partial charge in [0.25, 0.3) is 0 Å². The molecule has 1 aromatic rings. The van der Waals surface area contributed by atoms with E-state index in [0.29, 0.717) is 5.56 Å². The van der Waals surface area contributed by atoms with Crippen molar-refractivity contribution < 1.29 is 9.18 Å². The van der Waals surface area contributed by atoms with Gasteiger partial charge in [0.05, 0.1) is 12.0 Å². The van der Waals surface area contributed by atoms with Gasteiger partial charge < -0.3 is 10.2 Å². The molecule has 3 nitrogen and oxygen atoms in total. The first-order valence-corrected chi connectivity index (χ1v) is 6.83. The molecule has 0 aliphatic carbocycles. The second-order valence-electron chi connectivity index (χ2n) is 5.19. The SMILES string of the molecule is C[C@H](c1ccccc1F)N(C)C(=O)[C@H]1CCCNC1. The average Bonchev–Trinajstić information content (AvgIpc) is 2.46. The third-order valence-corrected chi connectivity index (χ3v) is 3.93. The maximum Gasteiger partial charge on any atom is 0.227 e. The van der Waals surface area contributed by atoms with Crippen LogP contribution in [0.4, 0.5) is 4.39 Å². The van der Waals surface area contributed by atoms with Gasteiger partial charge >= 0.3 is 0 Å². The summed E-state index contributed by atoms with van der Waals surface area (Å²) in [6, 6.07) is 6.40. The van der Waals surface area contributed by atoms with Crippen molar-refractivity contribution in [3.63, 3.8) is 0 Å². The largest absolute Gasteiger partial charge is 0.339 e. The van der Waals surface area contributed by atoms with Crippen LogP contribution in [-0.2, 0) is 4.79 Å². The number of rotatable bonds is 3. The van der Waals surface area contributed by atoms with Crippen molar-refractivity contribution >= 4 is 5.91 Å². The van der Waals surface area contributed by atoms with E-state index in [1.165, 1.54) is 6.07 Å². The highest BCUT2D eigenvalue weighted by Gasteiger charge is 2.27. The van der Waals surface area contributed by atoms with Crippen LogP contribution in [0.25, 0.3) is 0 Å². The van der Waals surface area contributed by atoms with Gasteiger partial charge in [0.1, 0.15) is 5.82 Å². The van der Waals surface area contributed by atoms with E-state index in [-0.39, 0.29) is 23.7 Å². The van der Waals surface area contributed by atoms with Crippen molar-refractivity contribution in [1.29, 1.82) is 0 Å². The fourth-order valence-corrected chi connectivity index (χ4v) is 2.56. The lowest BCUT2D eigenvalue weighted by Gasteiger charge is -2.31. The quantitative estimate of drug-likeness (QED) is 0.909. The Hall–Kier alpha value is -1.42. The van der Waals surface area contributed by atoms with Gasteiger partial charge in [-0.3, -0.25) is 4.79 Å². The van der Waals surface area contributed by atoms with Crippen molar-refractivity contribution in [2.24, 2.45) is 5.92 Å². The van der Waals surface area contributed by atoms with E-state index >= 15 is 0 Å². The Morgan fingerprint density at radius 3 is 2.84 bits per heavy atom. The lowest BCUT2D eigenvalue weighted by Crippen LogP contribution is -2.42. The van der Waals surface area contributed by atoms with Crippen molar-refractivity contribution in [3.8, 4) is 0 Å². The predicted octanol–water partition coefficient (Wildman–Crippen LogP) is 2.34. The molecule has 0 bridgehead atoms. The summed E-state index contributed by atoms with van der Waals surface area (Å²) in [6.07, 6.45) is 1.94. The number of nitrogens with one attached hydrogen (secondary N) is 1. The lowest BCUT2D eigenvalue weighted by molar-refractivity contribution is -0.136. The van der Waals surface area contributed by atoms with Gasteiger partial charge in [0.2, 0.25) is 5.91 Å². The van der Waals surface area contributed by atoms with Gasteiger partial charge in [-0.15, -0.1) is 0 Å². The van der Waals surface area contributed by atoms with E-state index in [2.05, 4.69) is 5.32 Å². The minimum Gasteiger partial charge on any atom is -0.339 e. The first-order valence-electron chi connectivity index (χ1n) is 6.83. The number of nitrogens with zero attached hydrogens (tertiary/aromatic N) is 1. The maximum absolute atomic E-state index is 13.8. The van der Waals surface area contributed by atoms with Crippen LogP contribution in [0.3, 0.4) is 0 Å². The molecule has 0 aromatic heterocycles. The molecule has 1 aromatic carbocycles. The number of carbonyl (C=O) groups excluding carboxylic acids is 1. The smallest absolute Gasteiger partial charge is 0.227 e. The average molecular weight is 264 g/mol. The van der Waals surface area contributed by atoms with Crippen molar-refractivity contribution in [2.45, 2.75) is 25.8 Å². The Balaban J connectivity index is 2.08. The summed E-state index contributed by atoms with van der Waals surface area (Å²) in [5.74, 6) is -0.132. The van der Waals surface area contributed by atoms with Crippen LogP contribution in [0, 0.1) is 11.7 Å². The van der Waals surface area contributed by atoms with Crippen LogP contribution in [-0.4, -0.2) is 30.9 Å². The van der Waals surface area contributed by atoms with E-state index in [4.69, 9.17) is 0 Å². The number of carbonyl (C=O) groups is 1. The molecule has 0 saturated carbocycles. The summed E-state index contributed by atoms with van der Waals surface area (Å²) in [4.78, 5) is 14.1. The Bertz CT molecular complexity index is 444. The highest BCUT2D eigenvalue weighted by atomic mass is 19.1. The highest BCUT2D eigenvalue weighted by Crippen LogP contribution is 2.24. The molecule has 104 valence electrons. The van der Waals surface area contributed by atoms with Gasteiger partial charge in [-0.2, -0.15) is 0 Å². The van der Waals surface area contributed by atoms with Crippen LogP contribution in [0.5, 0.6) is 0 Å². The molecular formula is C15H21FN2O. The summed E-state index contributed by atoms with van der Waals surface area (Å²) < 4.78 is 13.8. The summed E-state index contributed by atoms with van der Waals surface area (Å²) in [5.41, 5.74) is 0.571. The van der Waals surface area contributed by atoms with E-state index in [1.54, 1.807) is 30.1 Å². The topological polar surface area (TPSA) is 32.3 Å². The third-order valence-electron chi connectivity index (χ3n) is 3.93. The van der Waals surface area contributed by atoms with Crippen molar-refractivity contribution in [3.05, 3.63) is 35.6 Å². The zero-order chi connectivity index (χ0) is 13.8. The number of hydrogen-bond donors (Lipinski definition) is 1. The first-order chi connectivity index (χ1) is 9.11. The van der Waals surface area contributed by atoms with Crippen LogP contribution in [0.15, 0.2) is 24.3 Å². The predicted molar refractivity (Wildman–Crippen MR) is 73.2 cm³/mol. The first kappa shape index (κ1) is 14.0. The molecule has 1 fully saturated rings. The molecule has 1 heterocycles. The molecule has 0 unspecified atom stereocenters. The fourth-order valence-electron chi connectivity index (χ4n) is 2.56. The zero-order valence-corrected chi connectivity index (χ0v) is 11.5. The molecule has 1 amide bonds. The lowest BCUT2D eigenvalue weighted by atomic mass is 9.97. The van der Waals surface area contributed by atoms with E-state index in [9.17, 15) is 9.18 Å². The number of halogens is 1. The summed E-state index contributed by atoms with van der Waals surface area (Å²) in [7, 11) is 1.76. The minimum absolute atomic E-state index is 0.0213. The van der Waals surface area contributed by atoms with Crippen LogP contribution < -0.4 is 5.32 Å². The van der Waals surface area contributed by atoms with Crippen molar-refractivity contribution in [2.75, 3.05) is 20.1 Å². The van der Waals surface area contributed by atoms with Gasteiger partial charge in [0.15, 0.2) is 0 Å². The Labute approximate surface area is 113 Å². The van der Waals surface area contributed by atoms with E-state index < -0.39 is 0 Å². The van der Waals surface area contributed by atoms with Gasteiger partial charge in [0, 0.05) is 19.2 Å². The number of amides is 1. The molecule has 1 aliphatic heterocycles. The summed E-state index contributed by atoms with van der Waals surface area (Å²) in [6.45, 7) is 3.58. The monoisotopic (exact) mass is 264 g/mol. The van der Waals surface area contributed by atoms with Crippen molar-refractivity contribution in [1.82, 2.24) is 10.2 Å². The van der Waals surface area contributed by atoms with Crippen LogP contribution in [0.2, 0.25) is 0 Å². The highest BCUT2D eigenvalue weighted by molar-refractivity contribution is 5.79. The number of piperidine rings is 1. The molecule has 1 N–H and O–H groups in total. The summed E-state index contributed by atoms with van der Waals surface area (Å²) in [5, 5.41) is 3.24. The molecule has 2 atom stereocenters. The molecule has 0 radical (unpaired) electrons. The van der Waals surface area contributed by atoms with Crippen LogP contribution >= 0.6 is 0 Å². The molecule has 19 heavy (non-hydrogen) atoms. The van der Waals surface area contributed by atoms with E-state index in [1.807, 2.05) is 6.92 Å². The minimum atomic E-state index is -0.253.